The molecule has 0 aromatic heterocycles. The molecule has 3 aromatic carbocycles. The monoisotopic (exact) mass is 354 g/mol. The number of carbonyl (C=O) groups excluding carboxylic acids is 1. The third kappa shape index (κ3) is 2.99. The smallest absolute Gasteiger partial charge is 0.254 e. The first kappa shape index (κ1) is 16.1. The predicted molar refractivity (Wildman–Crippen MR) is 108 cm³/mol. The Morgan fingerprint density at radius 2 is 1.22 bits per heavy atom. The zero-order valence-electron chi connectivity index (χ0n) is 15.3. The molecule has 0 unspecified atom stereocenters. The minimum atomic E-state index is 0.126. The van der Waals surface area contributed by atoms with Crippen LogP contribution in [0.1, 0.15) is 32.6 Å². The Morgan fingerprint density at radius 1 is 0.667 bits per heavy atom. The normalized spacial score (nSPS) is 15.4. The summed E-state index contributed by atoms with van der Waals surface area (Å²) < 4.78 is 0. The number of hydrogen-bond donors (Lipinski definition) is 0. The third-order valence-electron chi connectivity index (χ3n) is 5.74. The highest BCUT2D eigenvalue weighted by Gasteiger charge is 2.22. The molecule has 1 amide bonds. The standard InChI is InChI=1S/C24H22N2O/c27-24(25-14-13-18-5-1-2-6-20(18)15-25)19-9-11-23(12-10-19)26-16-21-7-3-4-8-22(21)17-26/h1-12H,13-17H2. The van der Waals surface area contributed by atoms with Gasteiger partial charge in [-0.05, 0) is 52.9 Å². The van der Waals surface area contributed by atoms with E-state index in [0.717, 1.165) is 31.6 Å². The summed E-state index contributed by atoms with van der Waals surface area (Å²) in [6.07, 6.45) is 0.937. The fraction of sp³-hybridized carbons (Fsp3) is 0.208. The lowest BCUT2D eigenvalue weighted by molar-refractivity contribution is 0.0734. The first-order chi connectivity index (χ1) is 13.3. The van der Waals surface area contributed by atoms with Gasteiger partial charge in [0.1, 0.15) is 0 Å². The van der Waals surface area contributed by atoms with E-state index in [4.69, 9.17) is 0 Å². The van der Waals surface area contributed by atoms with E-state index in [1.807, 2.05) is 17.0 Å². The van der Waals surface area contributed by atoms with Gasteiger partial charge in [0, 0.05) is 37.4 Å². The molecule has 0 radical (unpaired) electrons. The molecule has 0 saturated carbocycles. The summed E-state index contributed by atoms with van der Waals surface area (Å²) in [5, 5.41) is 0. The molecule has 27 heavy (non-hydrogen) atoms. The quantitative estimate of drug-likeness (QED) is 0.681. The van der Waals surface area contributed by atoms with Crippen molar-refractivity contribution in [2.45, 2.75) is 26.1 Å². The van der Waals surface area contributed by atoms with E-state index in [-0.39, 0.29) is 5.91 Å². The molecular formula is C24H22N2O. The van der Waals surface area contributed by atoms with Gasteiger partial charge in [-0.25, -0.2) is 0 Å². The molecule has 0 fully saturated rings. The molecule has 0 bridgehead atoms. The second-order valence-corrected chi connectivity index (χ2v) is 7.42. The minimum absolute atomic E-state index is 0.126. The Balaban J connectivity index is 1.30. The van der Waals surface area contributed by atoms with Crippen molar-refractivity contribution in [3.63, 3.8) is 0 Å². The molecule has 5 rings (SSSR count). The van der Waals surface area contributed by atoms with E-state index >= 15 is 0 Å². The molecule has 3 nitrogen and oxygen atoms in total. The van der Waals surface area contributed by atoms with Crippen molar-refractivity contribution < 1.29 is 4.79 Å². The van der Waals surface area contributed by atoms with Crippen molar-refractivity contribution in [2.24, 2.45) is 0 Å². The van der Waals surface area contributed by atoms with Crippen molar-refractivity contribution in [3.05, 3.63) is 101 Å². The Morgan fingerprint density at radius 3 is 1.85 bits per heavy atom. The van der Waals surface area contributed by atoms with Crippen molar-refractivity contribution >= 4 is 11.6 Å². The number of carbonyl (C=O) groups is 1. The highest BCUT2D eigenvalue weighted by atomic mass is 16.2. The van der Waals surface area contributed by atoms with Crippen molar-refractivity contribution in [3.8, 4) is 0 Å². The lowest BCUT2D eigenvalue weighted by atomic mass is 9.99. The zero-order chi connectivity index (χ0) is 18.2. The first-order valence-electron chi connectivity index (χ1n) is 9.56. The van der Waals surface area contributed by atoms with Crippen LogP contribution >= 0.6 is 0 Å². The van der Waals surface area contributed by atoms with Crippen LogP contribution in [0.15, 0.2) is 72.8 Å². The third-order valence-corrected chi connectivity index (χ3v) is 5.74. The summed E-state index contributed by atoms with van der Waals surface area (Å²) in [6.45, 7) is 3.37. The first-order valence-corrected chi connectivity index (χ1v) is 9.56. The Labute approximate surface area is 159 Å². The second kappa shape index (κ2) is 6.58. The fourth-order valence-corrected chi connectivity index (χ4v) is 4.18. The van der Waals surface area contributed by atoms with Gasteiger partial charge in [0.25, 0.3) is 5.91 Å². The van der Waals surface area contributed by atoms with Gasteiger partial charge < -0.3 is 9.80 Å². The van der Waals surface area contributed by atoms with Crippen LogP contribution in [0, 0.1) is 0 Å². The summed E-state index contributed by atoms with van der Waals surface area (Å²) in [5.41, 5.74) is 7.37. The van der Waals surface area contributed by atoms with Gasteiger partial charge in [-0.1, -0.05) is 48.5 Å². The largest absolute Gasteiger partial charge is 0.363 e. The maximum Gasteiger partial charge on any atom is 0.254 e. The molecule has 0 spiro atoms. The zero-order valence-corrected chi connectivity index (χ0v) is 15.3. The SMILES string of the molecule is O=C(c1ccc(N2Cc3ccccc3C2)cc1)N1CCc2ccccc2C1. The van der Waals surface area contributed by atoms with Gasteiger partial charge >= 0.3 is 0 Å². The van der Waals surface area contributed by atoms with E-state index in [1.54, 1.807) is 0 Å². The number of anilines is 1. The van der Waals surface area contributed by atoms with Crippen LogP contribution in [0.3, 0.4) is 0 Å². The summed E-state index contributed by atoms with van der Waals surface area (Å²) in [4.78, 5) is 17.3. The van der Waals surface area contributed by atoms with Crippen LogP contribution in [0.4, 0.5) is 5.69 Å². The molecule has 0 N–H and O–H groups in total. The fourth-order valence-electron chi connectivity index (χ4n) is 4.18. The van der Waals surface area contributed by atoms with E-state index in [9.17, 15) is 4.79 Å². The Hall–Kier alpha value is -3.07. The summed E-state index contributed by atoms with van der Waals surface area (Å²) in [6, 6.07) is 25.1. The van der Waals surface area contributed by atoms with Crippen LogP contribution < -0.4 is 4.90 Å². The molecule has 0 aliphatic carbocycles. The van der Waals surface area contributed by atoms with E-state index < -0.39 is 0 Å². The van der Waals surface area contributed by atoms with Gasteiger partial charge in [-0.2, -0.15) is 0 Å². The van der Waals surface area contributed by atoms with Crippen molar-refractivity contribution in [1.82, 2.24) is 4.90 Å². The maximum atomic E-state index is 12.9. The van der Waals surface area contributed by atoms with Crippen LogP contribution in [0.25, 0.3) is 0 Å². The maximum absolute atomic E-state index is 12.9. The number of nitrogens with zero attached hydrogens (tertiary/aromatic N) is 2. The van der Waals surface area contributed by atoms with E-state index in [1.165, 1.54) is 27.9 Å². The molecule has 3 heteroatoms. The summed E-state index contributed by atoms with van der Waals surface area (Å²) in [5.74, 6) is 0.126. The minimum Gasteiger partial charge on any atom is -0.363 e. The number of fused-ring (bicyclic) bond motifs is 2. The molecule has 3 aromatic rings. The predicted octanol–water partition coefficient (Wildman–Crippen LogP) is 4.41. The summed E-state index contributed by atoms with van der Waals surface area (Å²) >= 11 is 0. The molecule has 0 atom stereocenters. The molecule has 134 valence electrons. The summed E-state index contributed by atoms with van der Waals surface area (Å²) in [7, 11) is 0. The average molecular weight is 354 g/mol. The Kier molecular flexibility index (Phi) is 3.93. The topological polar surface area (TPSA) is 23.6 Å². The van der Waals surface area contributed by atoms with Gasteiger partial charge in [-0.3, -0.25) is 4.79 Å². The lowest BCUT2D eigenvalue weighted by Gasteiger charge is -2.29. The number of rotatable bonds is 2. The lowest BCUT2D eigenvalue weighted by Crippen LogP contribution is -2.35. The second-order valence-electron chi connectivity index (χ2n) is 7.42. The van der Waals surface area contributed by atoms with Gasteiger partial charge in [0.05, 0.1) is 0 Å². The van der Waals surface area contributed by atoms with Crippen LogP contribution in [-0.4, -0.2) is 17.4 Å². The van der Waals surface area contributed by atoms with Gasteiger partial charge in [0.2, 0.25) is 0 Å². The van der Waals surface area contributed by atoms with Crippen LogP contribution in [0.2, 0.25) is 0 Å². The highest BCUT2D eigenvalue weighted by molar-refractivity contribution is 5.94. The number of benzene rings is 3. The number of hydrogen-bond acceptors (Lipinski definition) is 2. The van der Waals surface area contributed by atoms with Crippen LogP contribution in [-0.2, 0) is 26.1 Å². The van der Waals surface area contributed by atoms with Gasteiger partial charge in [-0.15, -0.1) is 0 Å². The van der Waals surface area contributed by atoms with Gasteiger partial charge in [0.15, 0.2) is 0 Å². The molecular weight excluding hydrogens is 332 g/mol. The van der Waals surface area contributed by atoms with E-state index in [0.29, 0.717) is 6.54 Å². The molecule has 2 aliphatic rings. The van der Waals surface area contributed by atoms with Crippen molar-refractivity contribution in [1.29, 1.82) is 0 Å². The van der Waals surface area contributed by atoms with Crippen LogP contribution in [0.5, 0.6) is 0 Å². The Bertz CT molecular complexity index is 968. The highest BCUT2D eigenvalue weighted by Crippen LogP contribution is 2.28. The van der Waals surface area contributed by atoms with E-state index in [2.05, 4.69) is 65.6 Å². The number of amides is 1. The molecule has 2 heterocycles. The molecule has 0 saturated heterocycles. The molecule has 2 aliphatic heterocycles. The van der Waals surface area contributed by atoms with Crippen molar-refractivity contribution in [2.75, 3.05) is 11.4 Å². The average Bonchev–Trinajstić information content (AvgIpc) is 3.17.